The molecule has 2 aromatic heterocycles. The molecule has 138 valence electrons. The molecule has 3 nitrogen and oxygen atoms in total. The van der Waals surface area contributed by atoms with Crippen molar-refractivity contribution in [3.8, 4) is 0 Å². The summed E-state index contributed by atoms with van der Waals surface area (Å²) in [7, 11) is 0. The number of hydrogen-bond donors (Lipinski definition) is 2. The molecule has 4 fully saturated rings. The molecule has 0 radical (unpaired) electrons. The van der Waals surface area contributed by atoms with Crippen molar-refractivity contribution in [3.05, 3.63) is 44.3 Å². The summed E-state index contributed by atoms with van der Waals surface area (Å²) in [6.07, 6.45) is 6.86. The number of hydrogen-bond acceptors (Lipinski definition) is 4. The van der Waals surface area contributed by atoms with Gasteiger partial charge in [-0.3, -0.25) is 4.79 Å². The molecule has 1 atom stereocenters. The molecule has 2 N–H and O–H groups in total. The van der Waals surface area contributed by atoms with Crippen LogP contribution in [-0.2, 0) is 11.3 Å². The number of aliphatic hydroxyl groups excluding tert-OH is 1. The number of carbonyl (C=O) groups is 1. The fourth-order valence-corrected chi connectivity index (χ4v) is 7.62. The maximum Gasteiger partial charge on any atom is 0.226 e. The summed E-state index contributed by atoms with van der Waals surface area (Å²) < 4.78 is 0. The SMILES string of the molecule is O=C(NCc1ccc([C@@H](O)c2ccsc2)s1)C12CC3CC(CC(C3)C1)C2. The van der Waals surface area contributed by atoms with Crippen LogP contribution in [0.15, 0.2) is 29.0 Å². The zero-order valence-electron chi connectivity index (χ0n) is 14.8. The van der Waals surface area contributed by atoms with Crippen LogP contribution in [0, 0.1) is 23.2 Å². The predicted molar refractivity (Wildman–Crippen MR) is 105 cm³/mol. The Morgan fingerprint density at radius 3 is 2.46 bits per heavy atom. The molecule has 0 saturated heterocycles. The van der Waals surface area contributed by atoms with Crippen molar-refractivity contribution in [2.75, 3.05) is 0 Å². The van der Waals surface area contributed by atoms with Crippen molar-refractivity contribution in [3.63, 3.8) is 0 Å². The third kappa shape index (κ3) is 2.94. The average Bonchev–Trinajstić information content (AvgIpc) is 3.30. The molecule has 1 amide bonds. The van der Waals surface area contributed by atoms with Crippen LogP contribution < -0.4 is 5.32 Å². The molecule has 4 bridgehead atoms. The van der Waals surface area contributed by atoms with Crippen molar-refractivity contribution in [2.24, 2.45) is 23.2 Å². The maximum atomic E-state index is 13.0. The number of thiophene rings is 2. The minimum Gasteiger partial charge on any atom is -0.383 e. The summed E-state index contributed by atoms with van der Waals surface area (Å²) in [5.74, 6) is 2.66. The van der Waals surface area contributed by atoms with Crippen molar-refractivity contribution in [1.82, 2.24) is 5.32 Å². The van der Waals surface area contributed by atoms with Crippen LogP contribution in [0.3, 0.4) is 0 Å². The predicted octanol–water partition coefficient (Wildman–Crippen LogP) is 4.72. The van der Waals surface area contributed by atoms with Crippen molar-refractivity contribution >= 4 is 28.6 Å². The lowest BCUT2D eigenvalue weighted by Gasteiger charge is -2.55. The summed E-state index contributed by atoms with van der Waals surface area (Å²) in [4.78, 5) is 15.1. The minimum absolute atomic E-state index is 0.0783. The Bertz CT molecular complexity index is 760. The first-order valence-electron chi connectivity index (χ1n) is 9.68. The summed E-state index contributed by atoms with van der Waals surface area (Å²) in [6.45, 7) is 0.585. The maximum absolute atomic E-state index is 13.0. The van der Waals surface area contributed by atoms with Gasteiger partial charge in [-0.2, -0.15) is 11.3 Å². The lowest BCUT2D eigenvalue weighted by molar-refractivity contribution is -0.146. The van der Waals surface area contributed by atoms with E-state index in [1.165, 1.54) is 19.3 Å². The van der Waals surface area contributed by atoms with Crippen LogP contribution in [0.4, 0.5) is 0 Å². The van der Waals surface area contributed by atoms with Gasteiger partial charge < -0.3 is 10.4 Å². The number of carbonyl (C=O) groups excluding carboxylic acids is 1. The van der Waals surface area contributed by atoms with Gasteiger partial charge in [-0.25, -0.2) is 0 Å². The quantitative estimate of drug-likeness (QED) is 0.780. The van der Waals surface area contributed by atoms with Gasteiger partial charge in [0, 0.05) is 15.2 Å². The van der Waals surface area contributed by atoms with Crippen LogP contribution >= 0.6 is 22.7 Å². The molecule has 2 aromatic rings. The minimum atomic E-state index is -0.557. The number of rotatable bonds is 5. The first kappa shape index (κ1) is 17.0. The molecule has 4 aliphatic rings. The molecular weight excluding hydrogens is 362 g/mol. The van der Waals surface area contributed by atoms with Gasteiger partial charge in [0.2, 0.25) is 5.91 Å². The highest BCUT2D eigenvalue weighted by Crippen LogP contribution is 2.60. The molecule has 2 heterocycles. The first-order chi connectivity index (χ1) is 12.6. The molecule has 0 unspecified atom stereocenters. The van der Waals surface area contributed by atoms with Crippen molar-refractivity contribution in [1.29, 1.82) is 0 Å². The molecule has 26 heavy (non-hydrogen) atoms. The standard InChI is InChI=1S/C21H25NO2S2/c23-19(16-3-4-25-12-16)18-2-1-17(26-18)11-22-20(24)21-8-13-5-14(9-21)7-15(6-13)10-21/h1-4,12-15,19,23H,5-11H2,(H,22,24)/t13?,14?,15?,19-,21?/m0/s1. The third-order valence-corrected chi connectivity index (χ3v) is 8.59. The third-order valence-electron chi connectivity index (χ3n) is 6.75. The van der Waals surface area contributed by atoms with Gasteiger partial charge in [-0.1, -0.05) is 0 Å². The fourth-order valence-electron chi connectivity index (χ4n) is 5.97. The number of amides is 1. The monoisotopic (exact) mass is 387 g/mol. The van der Waals surface area contributed by atoms with E-state index in [1.807, 2.05) is 29.0 Å². The molecule has 0 spiro atoms. The van der Waals surface area contributed by atoms with E-state index >= 15 is 0 Å². The summed E-state index contributed by atoms with van der Waals surface area (Å²) in [6, 6.07) is 5.98. The van der Waals surface area contributed by atoms with Gasteiger partial charge in [0.05, 0.1) is 6.54 Å². The van der Waals surface area contributed by atoms with Gasteiger partial charge in [0.1, 0.15) is 6.10 Å². The Hall–Kier alpha value is -1.17. The summed E-state index contributed by atoms with van der Waals surface area (Å²) in [5, 5.41) is 17.7. The molecule has 0 aromatic carbocycles. The van der Waals surface area contributed by atoms with Crippen LogP contribution in [-0.4, -0.2) is 11.0 Å². The molecule has 4 aliphatic carbocycles. The average molecular weight is 388 g/mol. The second kappa shape index (κ2) is 6.47. The second-order valence-electron chi connectivity index (χ2n) is 8.64. The van der Waals surface area contributed by atoms with Gasteiger partial charge in [-0.15, -0.1) is 11.3 Å². The molecule has 4 saturated carbocycles. The first-order valence-corrected chi connectivity index (χ1v) is 11.4. The molecular formula is C21H25NO2S2. The summed E-state index contributed by atoms with van der Waals surface area (Å²) in [5.41, 5.74) is 0.867. The van der Waals surface area contributed by atoms with Crippen LogP contribution in [0.2, 0.25) is 0 Å². The van der Waals surface area contributed by atoms with E-state index in [4.69, 9.17) is 0 Å². The Labute approximate surface area is 162 Å². The van der Waals surface area contributed by atoms with Crippen LogP contribution in [0.5, 0.6) is 0 Å². The fraction of sp³-hybridized carbons (Fsp3) is 0.571. The van der Waals surface area contributed by atoms with E-state index in [0.29, 0.717) is 6.54 Å². The van der Waals surface area contributed by atoms with E-state index in [-0.39, 0.29) is 11.3 Å². The van der Waals surface area contributed by atoms with Gasteiger partial charge in [0.25, 0.3) is 0 Å². The summed E-state index contributed by atoms with van der Waals surface area (Å²) >= 11 is 3.20. The lowest BCUT2D eigenvalue weighted by Crippen LogP contribution is -2.53. The molecule has 6 rings (SSSR count). The van der Waals surface area contributed by atoms with E-state index in [1.54, 1.807) is 22.7 Å². The lowest BCUT2D eigenvalue weighted by atomic mass is 9.49. The molecule has 5 heteroatoms. The zero-order valence-corrected chi connectivity index (χ0v) is 16.5. The smallest absolute Gasteiger partial charge is 0.226 e. The van der Waals surface area contributed by atoms with Crippen molar-refractivity contribution in [2.45, 2.75) is 51.2 Å². The van der Waals surface area contributed by atoms with E-state index in [0.717, 1.165) is 52.3 Å². The number of nitrogens with one attached hydrogen (secondary N) is 1. The zero-order chi connectivity index (χ0) is 17.7. The van der Waals surface area contributed by atoms with E-state index in [2.05, 4.69) is 5.32 Å². The molecule has 0 aliphatic heterocycles. The Kier molecular flexibility index (Phi) is 4.22. The highest BCUT2D eigenvalue weighted by molar-refractivity contribution is 7.12. The van der Waals surface area contributed by atoms with E-state index in [9.17, 15) is 9.90 Å². The van der Waals surface area contributed by atoms with Crippen LogP contribution in [0.25, 0.3) is 0 Å². The van der Waals surface area contributed by atoms with Gasteiger partial charge in [0.15, 0.2) is 0 Å². The van der Waals surface area contributed by atoms with Gasteiger partial charge >= 0.3 is 0 Å². The largest absolute Gasteiger partial charge is 0.383 e. The van der Waals surface area contributed by atoms with E-state index < -0.39 is 6.10 Å². The van der Waals surface area contributed by atoms with Crippen molar-refractivity contribution < 1.29 is 9.90 Å². The highest BCUT2D eigenvalue weighted by Gasteiger charge is 2.54. The normalized spacial score (nSPS) is 33.3. The van der Waals surface area contributed by atoms with Gasteiger partial charge in [-0.05, 0) is 90.8 Å². The highest BCUT2D eigenvalue weighted by atomic mass is 32.1. The Morgan fingerprint density at radius 2 is 1.85 bits per heavy atom. The number of aliphatic hydroxyl groups is 1. The topological polar surface area (TPSA) is 49.3 Å². The Balaban J connectivity index is 1.24. The second-order valence-corrected chi connectivity index (χ2v) is 10.6. The Morgan fingerprint density at radius 1 is 1.15 bits per heavy atom. The van der Waals surface area contributed by atoms with Crippen LogP contribution in [0.1, 0.15) is 59.9 Å².